The van der Waals surface area contributed by atoms with Crippen molar-refractivity contribution in [2.45, 2.75) is 19.8 Å². The van der Waals surface area contributed by atoms with E-state index in [1.807, 2.05) is 12.1 Å². The van der Waals surface area contributed by atoms with Crippen LogP contribution in [0.4, 0.5) is 0 Å². The topological polar surface area (TPSA) is 73.9 Å². The summed E-state index contributed by atoms with van der Waals surface area (Å²) in [7, 11) is 1.25. The maximum atomic E-state index is 11.0. The van der Waals surface area contributed by atoms with Crippen molar-refractivity contribution in [1.82, 2.24) is 0 Å². The van der Waals surface area contributed by atoms with Crippen LogP contribution in [0, 0.1) is 28.6 Å². The molecule has 0 heterocycles. The highest BCUT2D eigenvalue weighted by molar-refractivity contribution is 5.75. The molecule has 74 valence electrons. The summed E-state index contributed by atoms with van der Waals surface area (Å²) < 4.78 is 4.45. The number of allylic oxidation sites excluding steroid dienone is 2. The zero-order valence-electron chi connectivity index (χ0n) is 8.28. The van der Waals surface area contributed by atoms with Crippen LogP contribution < -0.4 is 0 Å². The lowest BCUT2D eigenvalue weighted by Gasteiger charge is -2.06. The average molecular weight is 192 g/mol. The van der Waals surface area contributed by atoms with Gasteiger partial charge in [-0.25, -0.2) is 0 Å². The predicted molar refractivity (Wildman–Crippen MR) is 49.7 cm³/mol. The summed E-state index contributed by atoms with van der Waals surface area (Å²) in [4.78, 5) is 11.0. The first-order valence-corrected chi connectivity index (χ1v) is 4.15. The van der Waals surface area contributed by atoms with Gasteiger partial charge in [0, 0.05) is 0 Å². The van der Waals surface area contributed by atoms with E-state index in [1.165, 1.54) is 7.11 Å². The van der Waals surface area contributed by atoms with Crippen molar-refractivity contribution in [2.75, 3.05) is 7.11 Å². The number of nitriles is 2. The maximum absolute atomic E-state index is 11.0. The highest BCUT2D eigenvalue weighted by Crippen LogP contribution is 2.12. The minimum absolute atomic E-state index is 0.297. The standard InChI is InChI=1S/C10H12N2O2/c1-8(4-3-5-11)6-9(7-12)10(13)14-2/h4,9H,3,6H2,1-2H3. The molecule has 0 aliphatic rings. The first-order valence-electron chi connectivity index (χ1n) is 4.15. The van der Waals surface area contributed by atoms with Crippen molar-refractivity contribution >= 4 is 5.97 Å². The van der Waals surface area contributed by atoms with Crippen LogP contribution >= 0.6 is 0 Å². The van der Waals surface area contributed by atoms with Gasteiger partial charge >= 0.3 is 5.97 Å². The van der Waals surface area contributed by atoms with Gasteiger partial charge in [-0.3, -0.25) is 4.79 Å². The van der Waals surface area contributed by atoms with E-state index in [0.29, 0.717) is 12.8 Å². The number of methoxy groups -OCH3 is 1. The number of ether oxygens (including phenoxy) is 1. The monoisotopic (exact) mass is 192 g/mol. The van der Waals surface area contributed by atoms with Crippen molar-refractivity contribution in [3.8, 4) is 12.1 Å². The van der Waals surface area contributed by atoms with Crippen LogP contribution in [-0.2, 0) is 9.53 Å². The smallest absolute Gasteiger partial charge is 0.323 e. The lowest BCUT2D eigenvalue weighted by atomic mass is 10.0. The second-order valence-corrected chi connectivity index (χ2v) is 2.82. The Morgan fingerprint density at radius 3 is 2.64 bits per heavy atom. The minimum Gasteiger partial charge on any atom is -0.468 e. The quantitative estimate of drug-likeness (QED) is 0.500. The molecule has 0 amide bonds. The van der Waals surface area contributed by atoms with Gasteiger partial charge in [-0.1, -0.05) is 11.6 Å². The van der Waals surface area contributed by atoms with Crippen molar-refractivity contribution in [3.63, 3.8) is 0 Å². The van der Waals surface area contributed by atoms with Crippen molar-refractivity contribution in [3.05, 3.63) is 11.6 Å². The fourth-order valence-corrected chi connectivity index (χ4v) is 0.949. The number of esters is 1. The number of hydrogen-bond acceptors (Lipinski definition) is 4. The van der Waals surface area contributed by atoms with Gasteiger partial charge in [0.05, 0.1) is 25.7 Å². The first-order chi connectivity index (χ1) is 6.65. The van der Waals surface area contributed by atoms with Crippen molar-refractivity contribution < 1.29 is 9.53 Å². The van der Waals surface area contributed by atoms with E-state index in [4.69, 9.17) is 10.5 Å². The third-order valence-electron chi connectivity index (χ3n) is 1.71. The number of carbonyl (C=O) groups excluding carboxylic acids is 1. The summed E-state index contributed by atoms with van der Waals surface area (Å²) in [5.41, 5.74) is 0.850. The van der Waals surface area contributed by atoms with E-state index < -0.39 is 11.9 Å². The van der Waals surface area contributed by atoms with Crippen LogP contribution in [0.1, 0.15) is 19.8 Å². The van der Waals surface area contributed by atoms with E-state index >= 15 is 0 Å². The van der Waals surface area contributed by atoms with Gasteiger partial charge in [-0.2, -0.15) is 10.5 Å². The molecule has 0 fully saturated rings. The zero-order valence-corrected chi connectivity index (χ0v) is 8.28. The van der Waals surface area contributed by atoms with E-state index in [0.717, 1.165) is 5.57 Å². The summed E-state index contributed by atoms with van der Waals surface area (Å²) in [5.74, 6) is -1.30. The van der Waals surface area contributed by atoms with Crippen LogP contribution in [0.25, 0.3) is 0 Å². The number of carbonyl (C=O) groups is 1. The summed E-state index contributed by atoms with van der Waals surface area (Å²) in [6, 6.07) is 3.82. The van der Waals surface area contributed by atoms with E-state index in [-0.39, 0.29) is 0 Å². The normalized spacial score (nSPS) is 12.4. The molecule has 0 radical (unpaired) electrons. The second-order valence-electron chi connectivity index (χ2n) is 2.82. The molecule has 0 spiro atoms. The Morgan fingerprint density at radius 1 is 1.57 bits per heavy atom. The number of hydrogen-bond donors (Lipinski definition) is 0. The Bertz CT molecular complexity index is 307. The highest BCUT2D eigenvalue weighted by Gasteiger charge is 2.18. The summed E-state index contributed by atoms with van der Waals surface area (Å²) >= 11 is 0. The molecular formula is C10H12N2O2. The van der Waals surface area contributed by atoms with Gasteiger partial charge in [-0.05, 0) is 13.3 Å². The highest BCUT2D eigenvalue weighted by atomic mass is 16.5. The molecule has 0 bridgehead atoms. The Kier molecular flexibility index (Phi) is 5.82. The lowest BCUT2D eigenvalue weighted by Crippen LogP contribution is -2.14. The van der Waals surface area contributed by atoms with Gasteiger partial charge in [0.1, 0.15) is 5.92 Å². The molecule has 0 rings (SSSR count). The van der Waals surface area contributed by atoms with Gasteiger partial charge < -0.3 is 4.74 Å². The van der Waals surface area contributed by atoms with E-state index in [1.54, 1.807) is 13.0 Å². The summed E-state index contributed by atoms with van der Waals surface area (Å²) in [5, 5.41) is 17.0. The summed E-state index contributed by atoms with van der Waals surface area (Å²) in [6.45, 7) is 1.78. The molecule has 4 nitrogen and oxygen atoms in total. The Balaban J connectivity index is 4.28. The molecule has 0 aromatic heterocycles. The van der Waals surface area contributed by atoms with Crippen LogP contribution in [0.2, 0.25) is 0 Å². The average Bonchev–Trinajstić information content (AvgIpc) is 2.21. The molecule has 0 saturated carbocycles. The molecule has 0 aromatic carbocycles. The van der Waals surface area contributed by atoms with Gasteiger partial charge in [0.15, 0.2) is 0 Å². The fraction of sp³-hybridized carbons (Fsp3) is 0.500. The SMILES string of the molecule is COC(=O)C(C#N)CC(C)=CCC#N. The number of nitrogens with zero attached hydrogens (tertiary/aromatic N) is 2. The van der Waals surface area contributed by atoms with E-state index in [9.17, 15) is 4.79 Å². The fourth-order valence-electron chi connectivity index (χ4n) is 0.949. The third-order valence-corrected chi connectivity index (χ3v) is 1.71. The zero-order chi connectivity index (χ0) is 11.0. The summed E-state index contributed by atoms with van der Waals surface area (Å²) in [6.07, 6.45) is 2.32. The maximum Gasteiger partial charge on any atom is 0.323 e. The molecule has 14 heavy (non-hydrogen) atoms. The Hall–Kier alpha value is -1.81. The van der Waals surface area contributed by atoms with Gasteiger partial charge in [-0.15, -0.1) is 0 Å². The molecule has 1 unspecified atom stereocenters. The Labute approximate surface area is 83.4 Å². The van der Waals surface area contributed by atoms with Gasteiger partial charge in [0.2, 0.25) is 0 Å². The molecule has 0 aromatic rings. The number of rotatable bonds is 4. The molecule has 0 saturated heterocycles. The van der Waals surface area contributed by atoms with Crippen molar-refractivity contribution in [2.24, 2.45) is 5.92 Å². The predicted octanol–water partition coefficient (Wildman–Crippen LogP) is 1.55. The molecule has 0 N–H and O–H groups in total. The second kappa shape index (κ2) is 6.68. The minimum atomic E-state index is -0.769. The molecule has 0 aliphatic heterocycles. The van der Waals surface area contributed by atoms with Crippen LogP contribution in [-0.4, -0.2) is 13.1 Å². The van der Waals surface area contributed by atoms with Gasteiger partial charge in [0.25, 0.3) is 0 Å². The van der Waals surface area contributed by atoms with Crippen LogP contribution in [0.15, 0.2) is 11.6 Å². The van der Waals surface area contributed by atoms with Crippen LogP contribution in [0.5, 0.6) is 0 Å². The van der Waals surface area contributed by atoms with E-state index in [2.05, 4.69) is 4.74 Å². The Morgan fingerprint density at radius 2 is 2.21 bits per heavy atom. The lowest BCUT2D eigenvalue weighted by molar-refractivity contribution is -0.143. The molecule has 4 heteroatoms. The van der Waals surface area contributed by atoms with Crippen molar-refractivity contribution in [1.29, 1.82) is 10.5 Å². The molecular weight excluding hydrogens is 180 g/mol. The third kappa shape index (κ3) is 4.27. The first kappa shape index (κ1) is 12.2. The molecule has 1 atom stereocenters. The molecule has 0 aliphatic carbocycles. The van der Waals surface area contributed by atoms with Crippen LogP contribution in [0.3, 0.4) is 0 Å². The largest absolute Gasteiger partial charge is 0.468 e.